The van der Waals surface area contributed by atoms with Gasteiger partial charge in [0.1, 0.15) is 11.6 Å². The number of aliphatic carboxylic acids is 1. The van der Waals surface area contributed by atoms with Crippen LogP contribution in [-0.4, -0.2) is 16.1 Å². The Morgan fingerprint density at radius 1 is 0.805 bits per heavy atom. The van der Waals surface area contributed by atoms with Crippen LogP contribution in [0.4, 0.5) is 17.1 Å². The van der Waals surface area contributed by atoms with Gasteiger partial charge in [-0.1, -0.05) is 60.7 Å². The zero-order valence-corrected chi connectivity index (χ0v) is 23.6. The van der Waals surface area contributed by atoms with Gasteiger partial charge in [0.15, 0.2) is 0 Å². The molecule has 1 N–H and O–H groups in total. The third kappa shape index (κ3) is 5.27. The minimum Gasteiger partial charge on any atom is -0.477 e. The van der Waals surface area contributed by atoms with E-state index in [9.17, 15) is 9.90 Å². The zero-order chi connectivity index (χ0) is 28.3. The van der Waals surface area contributed by atoms with Crippen molar-refractivity contribution in [3.8, 4) is 27.6 Å². The van der Waals surface area contributed by atoms with E-state index < -0.39 is 5.97 Å². The van der Waals surface area contributed by atoms with Crippen molar-refractivity contribution in [2.75, 3.05) is 4.90 Å². The molecule has 0 aliphatic carbocycles. The van der Waals surface area contributed by atoms with E-state index in [1.54, 1.807) is 17.4 Å². The van der Waals surface area contributed by atoms with E-state index in [0.717, 1.165) is 58.7 Å². The standard InChI is InChI=1S/C34H23N3O2S2/c1-22-36-32-29(17-18-30(33(32)40-22)31-19-16-28(41-31)20-24(21-35)34(38)39)23-12-14-27(15-13-23)37(25-8-4-2-5-9-25)26-10-6-3-7-11-26/h2-20H,1H3,(H,38,39)/b24-20-. The van der Waals surface area contributed by atoms with Crippen molar-refractivity contribution in [2.24, 2.45) is 0 Å². The second-order valence-electron chi connectivity index (χ2n) is 9.30. The van der Waals surface area contributed by atoms with Crippen LogP contribution in [0.2, 0.25) is 0 Å². The van der Waals surface area contributed by atoms with Crippen molar-refractivity contribution in [1.82, 2.24) is 4.98 Å². The lowest BCUT2D eigenvalue weighted by atomic mass is 10.0. The molecule has 0 spiro atoms. The number of fused-ring (bicyclic) bond motifs is 1. The number of nitriles is 1. The first-order valence-electron chi connectivity index (χ1n) is 12.9. The molecule has 0 saturated carbocycles. The van der Waals surface area contributed by atoms with E-state index in [4.69, 9.17) is 10.2 Å². The van der Waals surface area contributed by atoms with Gasteiger partial charge < -0.3 is 10.0 Å². The molecule has 0 amide bonds. The fourth-order valence-electron chi connectivity index (χ4n) is 4.79. The fourth-order valence-corrected chi connectivity index (χ4v) is 6.81. The molecular formula is C34H23N3O2S2. The van der Waals surface area contributed by atoms with Crippen molar-refractivity contribution < 1.29 is 9.90 Å². The number of thiazole rings is 1. The molecule has 2 heterocycles. The summed E-state index contributed by atoms with van der Waals surface area (Å²) in [6, 6.07) is 39.0. The van der Waals surface area contributed by atoms with Crippen LogP contribution in [0.15, 0.2) is 115 Å². The summed E-state index contributed by atoms with van der Waals surface area (Å²) in [6.45, 7) is 2.01. The maximum Gasteiger partial charge on any atom is 0.346 e. The van der Waals surface area contributed by atoms with E-state index in [1.165, 1.54) is 17.4 Å². The number of carboxylic acids is 1. The summed E-state index contributed by atoms with van der Waals surface area (Å²) >= 11 is 3.10. The average molecular weight is 570 g/mol. The predicted molar refractivity (Wildman–Crippen MR) is 169 cm³/mol. The molecule has 0 radical (unpaired) electrons. The Balaban J connectivity index is 1.38. The van der Waals surface area contributed by atoms with E-state index in [1.807, 2.05) is 55.5 Å². The topological polar surface area (TPSA) is 77.2 Å². The van der Waals surface area contributed by atoms with Crippen molar-refractivity contribution in [3.05, 3.63) is 125 Å². The van der Waals surface area contributed by atoms with E-state index in [2.05, 4.69) is 65.6 Å². The van der Waals surface area contributed by atoms with Crippen molar-refractivity contribution in [3.63, 3.8) is 0 Å². The Kier molecular flexibility index (Phi) is 7.17. The minimum absolute atomic E-state index is 0.283. The van der Waals surface area contributed by atoms with Crippen LogP contribution in [-0.2, 0) is 4.79 Å². The molecule has 0 saturated heterocycles. The highest BCUT2D eigenvalue weighted by Crippen LogP contribution is 2.42. The lowest BCUT2D eigenvalue weighted by Gasteiger charge is -2.25. The number of thiophene rings is 1. The second kappa shape index (κ2) is 11.2. The molecule has 5 nitrogen and oxygen atoms in total. The molecule has 2 aromatic heterocycles. The number of rotatable bonds is 7. The Hall–Kier alpha value is -5.03. The number of carbonyl (C=O) groups is 1. The molecular weight excluding hydrogens is 547 g/mol. The number of hydrogen-bond donors (Lipinski definition) is 1. The van der Waals surface area contributed by atoms with Crippen LogP contribution in [0.1, 0.15) is 9.88 Å². The first-order chi connectivity index (χ1) is 20.0. The summed E-state index contributed by atoms with van der Waals surface area (Å²) in [7, 11) is 0. The molecule has 0 aliphatic rings. The highest BCUT2D eigenvalue weighted by atomic mass is 32.1. The van der Waals surface area contributed by atoms with E-state index in [0.29, 0.717) is 0 Å². The number of carboxylic acid groups (broad SMARTS) is 1. The number of benzene rings is 4. The average Bonchev–Trinajstić information content (AvgIpc) is 3.63. The van der Waals surface area contributed by atoms with Gasteiger partial charge in [0, 0.05) is 37.9 Å². The fraction of sp³-hybridized carbons (Fsp3) is 0.0294. The summed E-state index contributed by atoms with van der Waals surface area (Å²) in [5.41, 5.74) is 7.07. The minimum atomic E-state index is -1.23. The Bertz CT molecular complexity index is 1890. The van der Waals surface area contributed by atoms with Crippen LogP contribution in [0.5, 0.6) is 0 Å². The van der Waals surface area contributed by atoms with Crippen LogP contribution in [0, 0.1) is 18.3 Å². The number of anilines is 3. The van der Waals surface area contributed by atoms with Gasteiger partial charge in [-0.15, -0.1) is 22.7 Å². The molecule has 0 unspecified atom stereocenters. The molecule has 0 fully saturated rings. The smallest absolute Gasteiger partial charge is 0.346 e. The maximum absolute atomic E-state index is 11.3. The normalized spacial score (nSPS) is 11.4. The third-order valence-corrected chi connectivity index (χ3v) is 8.72. The number of aromatic nitrogens is 1. The lowest BCUT2D eigenvalue weighted by molar-refractivity contribution is -0.132. The van der Waals surface area contributed by atoms with Gasteiger partial charge in [0.05, 0.1) is 15.2 Å². The first kappa shape index (κ1) is 26.2. The molecule has 0 atom stereocenters. The highest BCUT2D eigenvalue weighted by Gasteiger charge is 2.17. The summed E-state index contributed by atoms with van der Waals surface area (Å²) in [5, 5.41) is 19.3. The summed E-state index contributed by atoms with van der Waals surface area (Å²) in [5.74, 6) is -1.23. The maximum atomic E-state index is 11.3. The van der Waals surface area contributed by atoms with Gasteiger partial charge in [-0.05, 0) is 67.1 Å². The Morgan fingerprint density at radius 2 is 1.41 bits per heavy atom. The van der Waals surface area contributed by atoms with Crippen molar-refractivity contribution in [1.29, 1.82) is 5.26 Å². The Labute approximate surface area is 245 Å². The molecule has 0 bridgehead atoms. The van der Waals surface area contributed by atoms with Crippen LogP contribution >= 0.6 is 22.7 Å². The van der Waals surface area contributed by atoms with Crippen LogP contribution in [0.3, 0.4) is 0 Å². The predicted octanol–water partition coefficient (Wildman–Crippen LogP) is 9.46. The first-order valence-corrected chi connectivity index (χ1v) is 14.5. The molecule has 4 aromatic carbocycles. The highest BCUT2D eigenvalue weighted by molar-refractivity contribution is 7.20. The Morgan fingerprint density at radius 3 is 2.02 bits per heavy atom. The van der Waals surface area contributed by atoms with Crippen LogP contribution < -0.4 is 4.90 Å². The van der Waals surface area contributed by atoms with Gasteiger partial charge in [0.2, 0.25) is 0 Å². The number of aryl methyl sites for hydroxylation is 1. The molecule has 6 rings (SSSR count). The molecule has 7 heteroatoms. The van der Waals surface area contributed by atoms with Gasteiger partial charge in [-0.3, -0.25) is 0 Å². The van der Waals surface area contributed by atoms with Gasteiger partial charge >= 0.3 is 5.97 Å². The third-order valence-electron chi connectivity index (χ3n) is 6.65. The van der Waals surface area contributed by atoms with Gasteiger partial charge in [0.25, 0.3) is 0 Å². The number of para-hydroxylation sites is 2. The molecule has 198 valence electrons. The summed E-state index contributed by atoms with van der Waals surface area (Å²) in [4.78, 5) is 20.1. The van der Waals surface area contributed by atoms with Gasteiger partial charge in [-0.2, -0.15) is 5.26 Å². The number of hydrogen-bond acceptors (Lipinski definition) is 6. The second-order valence-corrected chi connectivity index (χ2v) is 11.6. The zero-order valence-electron chi connectivity index (χ0n) is 22.0. The quantitative estimate of drug-likeness (QED) is 0.153. The molecule has 0 aliphatic heterocycles. The van der Waals surface area contributed by atoms with E-state index in [-0.39, 0.29) is 5.57 Å². The summed E-state index contributed by atoms with van der Waals surface area (Å²) < 4.78 is 1.08. The monoisotopic (exact) mass is 569 g/mol. The SMILES string of the molecule is Cc1nc2c(-c3ccc(N(c4ccccc4)c4ccccc4)cc3)ccc(-c3ccc(/C=C(/C#N)C(=O)O)s3)c2s1. The van der Waals surface area contributed by atoms with Gasteiger partial charge in [-0.25, -0.2) is 9.78 Å². The summed E-state index contributed by atoms with van der Waals surface area (Å²) in [6.07, 6.45) is 1.41. The largest absolute Gasteiger partial charge is 0.477 e. The lowest BCUT2D eigenvalue weighted by Crippen LogP contribution is -2.09. The van der Waals surface area contributed by atoms with Crippen molar-refractivity contribution >= 4 is 62.0 Å². The molecule has 41 heavy (non-hydrogen) atoms. The van der Waals surface area contributed by atoms with Crippen LogP contribution in [0.25, 0.3) is 37.9 Å². The number of nitrogens with zero attached hydrogens (tertiary/aromatic N) is 3. The van der Waals surface area contributed by atoms with Crippen molar-refractivity contribution in [2.45, 2.75) is 6.92 Å². The van der Waals surface area contributed by atoms with E-state index >= 15 is 0 Å². The molecule has 6 aromatic rings.